The molecule has 0 aromatic heterocycles. The van der Waals surface area contributed by atoms with Crippen LogP contribution in [0.1, 0.15) is 26.7 Å². The lowest BCUT2D eigenvalue weighted by atomic mass is 9.74. The molecule has 0 aliphatic rings. The summed E-state index contributed by atoms with van der Waals surface area (Å²) < 4.78 is 0. The summed E-state index contributed by atoms with van der Waals surface area (Å²) in [5, 5.41) is 35.5. The maximum Gasteiger partial charge on any atom is 0.309 e. The van der Waals surface area contributed by atoms with Gasteiger partial charge in [-0.25, -0.2) is 0 Å². The molecule has 0 aliphatic heterocycles. The number of carboxylic acids is 4. The summed E-state index contributed by atoms with van der Waals surface area (Å²) in [6, 6.07) is 0. The normalized spacial score (nSPS) is 16.9. The highest BCUT2D eigenvalue weighted by Gasteiger charge is 2.43. The van der Waals surface area contributed by atoms with E-state index in [9.17, 15) is 19.2 Å². The van der Waals surface area contributed by atoms with Crippen molar-refractivity contribution < 1.29 is 39.6 Å². The molecule has 108 valence electrons. The zero-order valence-electron chi connectivity index (χ0n) is 10.5. The Bertz CT molecular complexity index is 401. The highest BCUT2D eigenvalue weighted by Crippen LogP contribution is 2.34. The van der Waals surface area contributed by atoms with Gasteiger partial charge in [0.15, 0.2) is 0 Å². The second-order valence-electron chi connectivity index (χ2n) is 4.71. The van der Waals surface area contributed by atoms with Crippen LogP contribution in [0.5, 0.6) is 0 Å². The van der Waals surface area contributed by atoms with Crippen molar-refractivity contribution >= 4 is 23.9 Å². The van der Waals surface area contributed by atoms with E-state index in [1.54, 1.807) is 0 Å². The van der Waals surface area contributed by atoms with Gasteiger partial charge in [0.25, 0.3) is 0 Å². The molecule has 19 heavy (non-hydrogen) atoms. The van der Waals surface area contributed by atoms with Gasteiger partial charge < -0.3 is 20.4 Å². The smallest absolute Gasteiger partial charge is 0.309 e. The molecule has 0 rings (SSSR count). The van der Waals surface area contributed by atoms with E-state index in [0.717, 1.165) is 13.8 Å². The quantitative estimate of drug-likeness (QED) is 0.496. The molecule has 4 N–H and O–H groups in total. The molecule has 0 radical (unpaired) electrons. The predicted molar refractivity (Wildman–Crippen MR) is 60.5 cm³/mol. The Labute approximate surface area is 108 Å². The van der Waals surface area contributed by atoms with Gasteiger partial charge in [-0.1, -0.05) is 6.92 Å². The van der Waals surface area contributed by atoms with Crippen LogP contribution in [-0.4, -0.2) is 44.3 Å². The SMILES string of the molecule is CC(C(=O)O)C(CC(C)(CC(=O)O)C(=O)O)C(=O)O. The van der Waals surface area contributed by atoms with Gasteiger partial charge in [0.05, 0.1) is 23.7 Å². The van der Waals surface area contributed by atoms with E-state index in [4.69, 9.17) is 20.4 Å². The second-order valence-corrected chi connectivity index (χ2v) is 4.71. The van der Waals surface area contributed by atoms with E-state index in [-0.39, 0.29) is 0 Å². The summed E-state index contributed by atoms with van der Waals surface area (Å²) in [4.78, 5) is 43.6. The average molecular weight is 276 g/mol. The molecule has 8 nitrogen and oxygen atoms in total. The fourth-order valence-electron chi connectivity index (χ4n) is 1.70. The fourth-order valence-corrected chi connectivity index (χ4v) is 1.70. The Hall–Kier alpha value is -2.12. The first-order valence-corrected chi connectivity index (χ1v) is 5.42. The average Bonchev–Trinajstić information content (AvgIpc) is 2.23. The van der Waals surface area contributed by atoms with Crippen LogP contribution in [0.2, 0.25) is 0 Å². The topological polar surface area (TPSA) is 149 Å². The summed E-state index contributed by atoms with van der Waals surface area (Å²) in [6.45, 7) is 2.23. The molecular formula is C11H16O8. The van der Waals surface area contributed by atoms with Crippen molar-refractivity contribution in [1.82, 2.24) is 0 Å². The number of carbonyl (C=O) groups is 4. The molecule has 0 saturated heterocycles. The first-order chi connectivity index (χ1) is 8.51. The van der Waals surface area contributed by atoms with E-state index >= 15 is 0 Å². The zero-order chi connectivity index (χ0) is 15.4. The van der Waals surface area contributed by atoms with Crippen molar-refractivity contribution in [3.05, 3.63) is 0 Å². The highest BCUT2D eigenvalue weighted by molar-refractivity contribution is 5.84. The van der Waals surface area contributed by atoms with Gasteiger partial charge in [-0.05, 0) is 13.3 Å². The van der Waals surface area contributed by atoms with Crippen LogP contribution < -0.4 is 0 Å². The molecule has 0 aliphatic carbocycles. The molecule has 0 saturated carbocycles. The lowest BCUT2D eigenvalue weighted by Gasteiger charge is -2.27. The van der Waals surface area contributed by atoms with Gasteiger partial charge in [0.1, 0.15) is 0 Å². The third-order valence-electron chi connectivity index (χ3n) is 3.04. The molecule has 0 bridgehead atoms. The lowest BCUT2D eigenvalue weighted by molar-refractivity contribution is -0.161. The first kappa shape index (κ1) is 16.9. The second kappa shape index (κ2) is 6.17. The Morgan fingerprint density at radius 3 is 1.74 bits per heavy atom. The minimum absolute atomic E-state index is 0.572. The fraction of sp³-hybridized carbons (Fsp3) is 0.636. The molecule has 8 heteroatoms. The van der Waals surface area contributed by atoms with Crippen LogP contribution in [-0.2, 0) is 19.2 Å². The van der Waals surface area contributed by atoms with Gasteiger partial charge in [-0.3, -0.25) is 19.2 Å². The van der Waals surface area contributed by atoms with Crippen LogP contribution in [0.15, 0.2) is 0 Å². The third-order valence-corrected chi connectivity index (χ3v) is 3.04. The lowest BCUT2D eigenvalue weighted by Crippen LogP contribution is -2.38. The van der Waals surface area contributed by atoms with Gasteiger partial charge in [0.2, 0.25) is 0 Å². The van der Waals surface area contributed by atoms with Crippen LogP contribution in [0, 0.1) is 17.3 Å². The van der Waals surface area contributed by atoms with Gasteiger partial charge in [-0.15, -0.1) is 0 Å². The van der Waals surface area contributed by atoms with E-state index < -0.39 is 54.0 Å². The van der Waals surface area contributed by atoms with Crippen molar-refractivity contribution in [2.24, 2.45) is 17.3 Å². The Balaban J connectivity index is 5.28. The van der Waals surface area contributed by atoms with Gasteiger partial charge in [-0.2, -0.15) is 0 Å². The van der Waals surface area contributed by atoms with Crippen molar-refractivity contribution in [2.45, 2.75) is 26.7 Å². The summed E-state index contributed by atoms with van der Waals surface area (Å²) >= 11 is 0. The van der Waals surface area contributed by atoms with Crippen LogP contribution in [0.4, 0.5) is 0 Å². The third kappa shape index (κ3) is 4.57. The Kier molecular flexibility index (Phi) is 5.48. The number of rotatable bonds is 8. The molecule has 3 unspecified atom stereocenters. The van der Waals surface area contributed by atoms with Crippen molar-refractivity contribution in [1.29, 1.82) is 0 Å². The molecule has 0 aromatic carbocycles. The van der Waals surface area contributed by atoms with E-state index in [1.807, 2.05) is 0 Å². The number of carboxylic acid groups (broad SMARTS) is 4. The zero-order valence-corrected chi connectivity index (χ0v) is 10.5. The van der Waals surface area contributed by atoms with E-state index in [1.165, 1.54) is 0 Å². The van der Waals surface area contributed by atoms with Crippen molar-refractivity contribution in [3.63, 3.8) is 0 Å². The molecule has 0 heterocycles. The first-order valence-electron chi connectivity index (χ1n) is 5.42. The maximum absolute atomic E-state index is 11.1. The van der Waals surface area contributed by atoms with Crippen LogP contribution in [0.3, 0.4) is 0 Å². The molecule has 0 fully saturated rings. The van der Waals surface area contributed by atoms with Gasteiger partial charge in [0, 0.05) is 0 Å². The number of aliphatic carboxylic acids is 4. The molecule has 0 aromatic rings. The maximum atomic E-state index is 11.1. The molecule has 3 atom stereocenters. The summed E-state index contributed by atoms with van der Waals surface area (Å²) in [5.74, 6) is -8.50. The summed E-state index contributed by atoms with van der Waals surface area (Å²) in [6.07, 6.45) is -1.35. The van der Waals surface area contributed by atoms with Crippen molar-refractivity contribution in [3.8, 4) is 0 Å². The summed E-state index contributed by atoms with van der Waals surface area (Å²) in [7, 11) is 0. The van der Waals surface area contributed by atoms with Gasteiger partial charge >= 0.3 is 23.9 Å². The largest absolute Gasteiger partial charge is 0.481 e. The minimum Gasteiger partial charge on any atom is -0.481 e. The highest BCUT2D eigenvalue weighted by atomic mass is 16.4. The Morgan fingerprint density at radius 1 is 1.00 bits per heavy atom. The standard InChI is InChI=1S/C11H16O8/c1-5(8(14)15)6(9(16)17)3-11(2,10(18)19)4-7(12)13/h5-6H,3-4H2,1-2H3,(H,12,13)(H,14,15)(H,16,17)(H,18,19). The predicted octanol–water partition coefficient (Wildman–Crippen LogP) is 0.364. The molecule has 0 amide bonds. The number of hydrogen-bond acceptors (Lipinski definition) is 4. The summed E-state index contributed by atoms with van der Waals surface area (Å²) in [5.41, 5.74) is -1.83. The van der Waals surface area contributed by atoms with Crippen molar-refractivity contribution in [2.75, 3.05) is 0 Å². The number of hydrogen-bond donors (Lipinski definition) is 4. The minimum atomic E-state index is -1.83. The van der Waals surface area contributed by atoms with E-state index in [2.05, 4.69) is 0 Å². The van der Waals surface area contributed by atoms with Crippen LogP contribution in [0.25, 0.3) is 0 Å². The van der Waals surface area contributed by atoms with E-state index in [0.29, 0.717) is 0 Å². The molecular weight excluding hydrogens is 260 g/mol. The molecule has 0 spiro atoms. The monoisotopic (exact) mass is 276 g/mol. The van der Waals surface area contributed by atoms with Crippen LogP contribution >= 0.6 is 0 Å². The Morgan fingerprint density at radius 2 is 1.47 bits per heavy atom.